The van der Waals surface area contributed by atoms with Gasteiger partial charge >= 0.3 is 0 Å². The van der Waals surface area contributed by atoms with Gasteiger partial charge in [-0.1, -0.05) is 41.9 Å². The molecular weight excluding hydrogens is 280 g/mol. The summed E-state index contributed by atoms with van der Waals surface area (Å²) < 4.78 is 0. The van der Waals surface area contributed by atoms with E-state index >= 15 is 0 Å². The Morgan fingerprint density at radius 1 is 0.905 bits per heavy atom. The second kappa shape index (κ2) is 7.48. The van der Waals surface area contributed by atoms with Crippen LogP contribution in [0.4, 0.5) is 5.69 Å². The molecule has 0 aliphatic rings. The van der Waals surface area contributed by atoms with Gasteiger partial charge < -0.3 is 9.80 Å². The highest BCUT2D eigenvalue weighted by atomic mass is 35.5. The Labute approximate surface area is 133 Å². The first kappa shape index (κ1) is 15.9. The van der Waals surface area contributed by atoms with Crippen molar-refractivity contribution in [3.8, 4) is 0 Å². The van der Waals surface area contributed by atoms with E-state index in [-0.39, 0.29) is 0 Å². The van der Waals surface area contributed by atoms with Crippen LogP contribution in [0.3, 0.4) is 0 Å². The van der Waals surface area contributed by atoms with E-state index in [1.54, 1.807) is 0 Å². The SMILES string of the molecule is CN(C)CCC(c1ccccc1)N(C)c1ccc(Cl)cc1. The Hall–Kier alpha value is -1.51. The number of halogens is 1. The van der Waals surface area contributed by atoms with Gasteiger partial charge in [-0.05, 0) is 56.9 Å². The summed E-state index contributed by atoms with van der Waals surface area (Å²) in [6.07, 6.45) is 1.08. The van der Waals surface area contributed by atoms with Gasteiger partial charge in [-0.25, -0.2) is 0 Å². The molecule has 0 aromatic heterocycles. The number of hydrogen-bond donors (Lipinski definition) is 0. The molecule has 0 aliphatic heterocycles. The fraction of sp³-hybridized carbons (Fsp3) is 0.333. The molecule has 0 spiro atoms. The van der Waals surface area contributed by atoms with Crippen molar-refractivity contribution in [2.45, 2.75) is 12.5 Å². The molecule has 2 aromatic rings. The molecule has 0 aliphatic carbocycles. The lowest BCUT2D eigenvalue weighted by Crippen LogP contribution is -2.27. The van der Waals surface area contributed by atoms with Crippen LogP contribution in [-0.2, 0) is 0 Å². The van der Waals surface area contributed by atoms with E-state index in [1.807, 2.05) is 12.1 Å². The fourth-order valence-electron chi connectivity index (χ4n) is 2.50. The molecule has 0 saturated heterocycles. The van der Waals surface area contributed by atoms with Gasteiger partial charge in [0.2, 0.25) is 0 Å². The lowest BCUT2D eigenvalue weighted by Gasteiger charge is -2.31. The summed E-state index contributed by atoms with van der Waals surface area (Å²) in [4.78, 5) is 4.56. The third-order valence-corrected chi connectivity index (χ3v) is 3.99. The summed E-state index contributed by atoms with van der Waals surface area (Å²) >= 11 is 5.99. The zero-order valence-electron chi connectivity index (χ0n) is 13.0. The molecule has 0 saturated carbocycles. The van der Waals surface area contributed by atoms with E-state index in [1.165, 1.54) is 11.3 Å². The van der Waals surface area contributed by atoms with Crippen molar-refractivity contribution >= 4 is 17.3 Å². The molecule has 0 heterocycles. The van der Waals surface area contributed by atoms with Crippen molar-refractivity contribution < 1.29 is 0 Å². The van der Waals surface area contributed by atoms with E-state index in [0.29, 0.717) is 6.04 Å². The minimum absolute atomic E-state index is 0.356. The van der Waals surface area contributed by atoms with Gasteiger partial charge in [0.15, 0.2) is 0 Å². The molecule has 21 heavy (non-hydrogen) atoms. The average molecular weight is 303 g/mol. The predicted octanol–water partition coefficient (Wildman–Crippen LogP) is 4.47. The van der Waals surface area contributed by atoms with E-state index < -0.39 is 0 Å². The van der Waals surface area contributed by atoms with Crippen LogP contribution in [0.25, 0.3) is 0 Å². The van der Waals surface area contributed by atoms with Crippen LogP contribution in [0.5, 0.6) is 0 Å². The molecule has 0 fully saturated rings. The highest BCUT2D eigenvalue weighted by molar-refractivity contribution is 6.30. The second-order valence-electron chi connectivity index (χ2n) is 5.61. The number of anilines is 1. The minimum atomic E-state index is 0.356. The highest BCUT2D eigenvalue weighted by Crippen LogP contribution is 2.29. The van der Waals surface area contributed by atoms with E-state index in [9.17, 15) is 0 Å². The zero-order valence-corrected chi connectivity index (χ0v) is 13.7. The maximum absolute atomic E-state index is 5.99. The van der Waals surface area contributed by atoms with Crippen LogP contribution in [0.15, 0.2) is 54.6 Å². The van der Waals surface area contributed by atoms with Gasteiger partial charge in [-0.3, -0.25) is 0 Å². The van der Waals surface area contributed by atoms with Crippen molar-refractivity contribution in [1.82, 2.24) is 4.90 Å². The van der Waals surface area contributed by atoms with E-state index in [4.69, 9.17) is 11.6 Å². The average Bonchev–Trinajstić information content (AvgIpc) is 2.49. The van der Waals surface area contributed by atoms with E-state index in [2.05, 4.69) is 73.4 Å². The van der Waals surface area contributed by atoms with Gasteiger partial charge in [-0.15, -0.1) is 0 Å². The minimum Gasteiger partial charge on any atom is -0.367 e. The molecule has 3 heteroatoms. The number of nitrogens with zero attached hydrogens (tertiary/aromatic N) is 2. The standard InChI is InChI=1S/C18H23ClN2/c1-20(2)14-13-18(15-7-5-4-6-8-15)21(3)17-11-9-16(19)10-12-17/h4-12,18H,13-14H2,1-3H3. The quantitative estimate of drug-likeness (QED) is 0.777. The first-order chi connectivity index (χ1) is 10.1. The van der Waals surface area contributed by atoms with Crippen LogP contribution < -0.4 is 4.90 Å². The van der Waals surface area contributed by atoms with Gasteiger partial charge in [-0.2, -0.15) is 0 Å². The van der Waals surface area contributed by atoms with Crippen LogP contribution in [0, 0.1) is 0 Å². The molecule has 0 radical (unpaired) electrons. The summed E-state index contributed by atoms with van der Waals surface area (Å²) in [5.41, 5.74) is 2.53. The third-order valence-electron chi connectivity index (χ3n) is 3.74. The Kier molecular flexibility index (Phi) is 5.66. The lowest BCUT2D eigenvalue weighted by molar-refractivity contribution is 0.379. The maximum atomic E-state index is 5.99. The Bertz CT molecular complexity index is 537. The molecule has 2 aromatic carbocycles. The molecule has 0 N–H and O–H groups in total. The van der Waals surface area contributed by atoms with Gasteiger partial charge in [0.1, 0.15) is 0 Å². The van der Waals surface area contributed by atoms with E-state index in [0.717, 1.165) is 18.0 Å². The van der Waals surface area contributed by atoms with Crippen molar-refractivity contribution in [2.75, 3.05) is 32.6 Å². The number of hydrogen-bond acceptors (Lipinski definition) is 2. The summed E-state index contributed by atoms with van der Waals surface area (Å²) in [6.45, 7) is 1.05. The second-order valence-corrected chi connectivity index (χ2v) is 6.04. The third kappa shape index (κ3) is 4.48. The molecule has 1 atom stereocenters. The lowest BCUT2D eigenvalue weighted by atomic mass is 10.0. The number of benzene rings is 2. The Morgan fingerprint density at radius 2 is 1.52 bits per heavy atom. The molecule has 0 bridgehead atoms. The van der Waals surface area contributed by atoms with Crippen LogP contribution in [0.1, 0.15) is 18.0 Å². The summed E-state index contributed by atoms with van der Waals surface area (Å²) in [6, 6.07) is 19.1. The fourth-order valence-corrected chi connectivity index (χ4v) is 2.62. The van der Waals surface area contributed by atoms with Gasteiger partial charge in [0.25, 0.3) is 0 Å². The predicted molar refractivity (Wildman–Crippen MR) is 92.2 cm³/mol. The van der Waals surface area contributed by atoms with Crippen molar-refractivity contribution in [3.05, 3.63) is 65.2 Å². The van der Waals surface area contributed by atoms with Crippen LogP contribution in [0.2, 0.25) is 5.02 Å². The highest BCUT2D eigenvalue weighted by Gasteiger charge is 2.17. The molecule has 2 rings (SSSR count). The zero-order chi connectivity index (χ0) is 15.2. The first-order valence-corrected chi connectivity index (χ1v) is 7.64. The van der Waals surface area contributed by atoms with Crippen molar-refractivity contribution in [1.29, 1.82) is 0 Å². The van der Waals surface area contributed by atoms with Crippen molar-refractivity contribution in [3.63, 3.8) is 0 Å². The molecule has 0 amide bonds. The largest absolute Gasteiger partial charge is 0.367 e. The van der Waals surface area contributed by atoms with Gasteiger partial charge in [0, 0.05) is 17.8 Å². The molecule has 112 valence electrons. The van der Waals surface area contributed by atoms with Crippen LogP contribution in [-0.4, -0.2) is 32.6 Å². The molecule has 2 nitrogen and oxygen atoms in total. The smallest absolute Gasteiger partial charge is 0.0551 e. The van der Waals surface area contributed by atoms with Gasteiger partial charge in [0.05, 0.1) is 6.04 Å². The topological polar surface area (TPSA) is 6.48 Å². The summed E-state index contributed by atoms with van der Waals surface area (Å²) in [7, 11) is 6.38. The molecule has 1 unspecified atom stereocenters. The number of rotatable bonds is 6. The molecular formula is C18H23ClN2. The first-order valence-electron chi connectivity index (χ1n) is 7.26. The Morgan fingerprint density at radius 3 is 2.10 bits per heavy atom. The maximum Gasteiger partial charge on any atom is 0.0551 e. The summed E-state index contributed by atoms with van der Waals surface area (Å²) in [5, 5.41) is 0.775. The monoisotopic (exact) mass is 302 g/mol. The van der Waals surface area contributed by atoms with Crippen molar-refractivity contribution in [2.24, 2.45) is 0 Å². The summed E-state index contributed by atoms with van der Waals surface area (Å²) in [5.74, 6) is 0. The van der Waals surface area contributed by atoms with Crippen LogP contribution >= 0.6 is 11.6 Å². The normalized spacial score (nSPS) is 12.4. The Balaban J connectivity index is 2.23.